The van der Waals surface area contributed by atoms with Gasteiger partial charge in [-0.15, -0.1) is 0 Å². The molecular weight excluding hydrogens is 330 g/mol. The fraction of sp³-hybridized carbons (Fsp3) is 0.118. The lowest BCUT2D eigenvalue weighted by Crippen LogP contribution is -2.25. The molecule has 0 unspecified atom stereocenters. The van der Waals surface area contributed by atoms with Crippen LogP contribution in [0.2, 0.25) is 0 Å². The number of carbonyl (C=O) groups excluding carboxylic acids is 1. The maximum absolute atomic E-state index is 12.0. The van der Waals surface area contributed by atoms with Gasteiger partial charge < -0.3 is 9.73 Å². The molecule has 0 saturated carbocycles. The number of furan rings is 1. The first-order valence-electron chi connectivity index (χ1n) is 6.73. The van der Waals surface area contributed by atoms with E-state index in [9.17, 15) is 4.79 Å². The molecule has 0 aliphatic heterocycles. The van der Waals surface area contributed by atoms with Crippen molar-refractivity contribution in [2.45, 2.75) is 6.42 Å². The molecule has 2 aromatic carbocycles. The minimum atomic E-state index is -0.0707. The molecule has 0 aliphatic carbocycles. The number of halogens is 1. The maximum Gasteiger partial charge on any atom is 0.251 e. The van der Waals surface area contributed by atoms with Crippen molar-refractivity contribution < 1.29 is 9.21 Å². The Morgan fingerprint density at radius 2 is 1.86 bits per heavy atom. The molecule has 0 bridgehead atoms. The third kappa shape index (κ3) is 3.34. The Hall–Kier alpha value is -2.07. The van der Waals surface area contributed by atoms with Crippen molar-refractivity contribution in [3.8, 4) is 0 Å². The predicted molar refractivity (Wildman–Crippen MR) is 86.4 cm³/mol. The number of hydrogen-bond acceptors (Lipinski definition) is 2. The van der Waals surface area contributed by atoms with Gasteiger partial charge >= 0.3 is 0 Å². The number of hydrogen-bond donors (Lipinski definition) is 1. The van der Waals surface area contributed by atoms with Gasteiger partial charge in [0.15, 0.2) is 0 Å². The van der Waals surface area contributed by atoms with Crippen LogP contribution in [0.3, 0.4) is 0 Å². The summed E-state index contributed by atoms with van der Waals surface area (Å²) in [4.78, 5) is 12.0. The standard InChI is InChI=1S/C17H14BrNO2/c18-14-7-5-12(6-8-14)17(20)19-10-9-15-11-13-3-1-2-4-16(13)21-15/h1-8,11H,9-10H2,(H,19,20). The average molecular weight is 344 g/mol. The molecule has 3 rings (SSSR count). The van der Waals surface area contributed by atoms with Gasteiger partial charge in [0.1, 0.15) is 11.3 Å². The van der Waals surface area contributed by atoms with Crippen LogP contribution in [0.15, 0.2) is 63.5 Å². The summed E-state index contributed by atoms with van der Waals surface area (Å²) in [6.45, 7) is 0.550. The maximum atomic E-state index is 12.0. The van der Waals surface area contributed by atoms with E-state index < -0.39 is 0 Å². The van der Waals surface area contributed by atoms with Crippen molar-refractivity contribution in [1.29, 1.82) is 0 Å². The lowest BCUT2D eigenvalue weighted by atomic mass is 10.2. The minimum Gasteiger partial charge on any atom is -0.461 e. The number of rotatable bonds is 4. The van der Waals surface area contributed by atoms with Crippen LogP contribution in [-0.4, -0.2) is 12.5 Å². The monoisotopic (exact) mass is 343 g/mol. The molecule has 3 aromatic rings. The summed E-state index contributed by atoms with van der Waals surface area (Å²) in [7, 11) is 0. The molecule has 1 aromatic heterocycles. The van der Waals surface area contributed by atoms with Crippen molar-refractivity contribution >= 4 is 32.8 Å². The van der Waals surface area contributed by atoms with Gasteiger partial charge in [0, 0.05) is 28.4 Å². The largest absolute Gasteiger partial charge is 0.461 e. The number of carbonyl (C=O) groups is 1. The molecule has 21 heavy (non-hydrogen) atoms. The van der Waals surface area contributed by atoms with Crippen LogP contribution >= 0.6 is 15.9 Å². The Bertz CT molecular complexity index is 729. The van der Waals surface area contributed by atoms with Gasteiger partial charge in [0.25, 0.3) is 5.91 Å². The van der Waals surface area contributed by atoms with Crippen molar-refractivity contribution in [2.24, 2.45) is 0 Å². The highest BCUT2D eigenvalue weighted by molar-refractivity contribution is 9.10. The molecule has 0 spiro atoms. The van der Waals surface area contributed by atoms with Crippen molar-refractivity contribution in [3.63, 3.8) is 0 Å². The van der Waals surface area contributed by atoms with Gasteiger partial charge in [-0.05, 0) is 36.4 Å². The molecule has 0 atom stereocenters. The molecule has 4 heteroatoms. The van der Waals surface area contributed by atoms with Crippen molar-refractivity contribution in [1.82, 2.24) is 5.32 Å². The normalized spacial score (nSPS) is 10.7. The van der Waals surface area contributed by atoms with E-state index in [1.165, 1.54) is 0 Å². The molecule has 0 aliphatic rings. The number of para-hydroxylation sites is 1. The zero-order chi connectivity index (χ0) is 14.7. The number of fused-ring (bicyclic) bond motifs is 1. The third-order valence-corrected chi connectivity index (χ3v) is 3.77. The second-order valence-corrected chi connectivity index (χ2v) is 5.68. The number of amides is 1. The predicted octanol–water partition coefficient (Wildman–Crippen LogP) is 4.17. The molecule has 3 nitrogen and oxygen atoms in total. The highest BCUT2D eigenvalue weighted by Gasteiger charge is 2.06. The van der Waals surface area contributed by atoms with E-state index in [2.05, 4.69) is 21.2 Å². The zero-order valence-corrected chi connectivity index (χ0v) is 12.9. The van der Waals surface area contributed by atoms with Crippen LogP contribution in [0, 0.1) is 0 Å². The SMILES string of the molecule is O=C(NCCc1cc2ccccc2o1)c1ccc(Br)cc1. The Balaban J connectivity index is 1.58. The number of nitrogens with one attached hydrogen (secondary N) is 1. The lowest BCUT2D eigenvalue weighted by Gasteiger charge is -2.04. The Morgan fingerprint density at radius 3 is 2.62 bits per heavy atom. The molecule has 106 valence electrons. The van der Waals surface area contributed by atoms with Gasteiger partial charge in [-0.25, -0.2) is 0 Å². The summed E-state index contributed by atoms with van der Waals surface area (Å²) in [5.74, 6) is 0.811. The van der Waals surface area contributed by atoms with Crippen molar-refractivity contribution in [3.05, 3.63) is 70.4 Å². The molecule has 0 radical (unpaired) electrons. The molecule has 1 heterocycles. The summed E-state index contributed by atoms with van der Waals surface area (Å²) in [5, 5.41) is 3.99. The van der Waals surface area contributed by atoms with Crippen LogP contribution < -0.4 is 5.32 Å². The highest BCUT2D eigenvalue weighted by atomic mass is 79.9. The summed E-state index contributed by atoms with van der Waals surface area (Å²) >= 11 is 3.35. The van der Waals surface area contributed by atoms with Gasteiger partial charge in [-0.2, -0.15) is 0 Å². The van der Waals surface area contributed by atoms with E-state index in [1.54, 1.807) is 12.1 Å². The van der Waals surface area contributed by atoms with Crippen LogP contribution in [0.4, 0.5) is 0 Å². The molecule has 1 amide bonds. The summed E-state index contributed by atoms with van der Waals surface area (Å²) < 4.78 is 6.67. The van der Waals surface area contributed by atoms with Crippen LogP contribution in [0.5, 0.6) is 0 Å². The Morgan fingerprint density at radius 1 is 1.10 bits per heavy atom. The van der Waals surface area contributed by atoms with E-state index in [0.717, 1.165) is 21.2 Å². The average Bonchev–Trinajstić information content (AvgIpc) is 2.90. The van der Waals surface area contributed by atoms with E-state index in [0.29, 0.717) is 18.5 Å². The topological polar surface area (TPSA) is 42.2 Å². The van der Waals surface area contributed by atoms with E-state index in [-0.39, 0.29) is 5.91 Å². The van der Waals surface area contributed by atoms with E-state index in [1.807, 2.05) is 42.5 Å². The second kappa shape index (κ2) is 6.14. The fourth-order valence-corrected chi connectivity index (χ4v) is 2.43. The fourth-order valence-electron chi connectivity index (χ4n) is 2.16. The van der Waals surface area contributed by atoms with Gasteiger partial charge in [0.2, 0.25) is 0 Å². The quantitative estimate of drug-likeness (QED) is 0.772. The Labute approximate surface area is 131 Å². The first-order valence-corrected chi connectivity index (χ1v) is 7.53. The van der Waals surface area contributed by atoms with Crippen LogP contribution in [0.1, 0.15) is 16.1 Å². The van der Waals surface area contributed by atoms with Gasteiger partial charge in [-0.3, -0.25) is 4.79 Å². The third-order valence-electron chi connectivity index (χ3n) is 3.24. The van der Waals surface area contributed by atoms with Crippen LogP contribution in [-0.2, 0) is 6.42 Å². The van der Waals surface area contributed by atoms with E-state index >= 15 is 0 Å². The van der Waals surface area contributed by atoms with Gasteiger partial charge in [-0.1, -0.05) is 34.1 Å². The molecular formula is C17H14BrNO2. The minimum absolute atomic E-state index is 0.0707. The summed E-state index contributed by atoms with van der Waals surface area (Å²) in [6.07, 6.45) is 0.678. The molecule has 0 fully saturated rings. The molecule has 0 saturated heterocycles. The molecule has 1 N–H and O–H groups in total. The van der Waals surface area contributed by atoms with E-state index in [4.69, 9.17) is 4.42 Å². The van der Waals surface area contributed by atoms with Crippen molar-refractivity contribution in [2.75, 3.05) is 6.54 Å². The smallest absolute Gasteiger partial charge is 0.251 e. The van der Waals surface area contributed by atoms with Gasteiger partial charge in [0.05, 0.1) is 0 Å². The highest BCUT2D eigenvalue weighted by Crippen LogP contribution is 2.18. The Kier molecular flexibility index (Phi) is 4.06. The summed E-state index contributed by atoms with van der Waals surface area (Å²) in [6, 6.07) is 17.2. The number of benzene rings is 2. The first-order chi connectivity index (χ1) is 10.2. The summed E-state index contributed by atoms with van der Waals surface area (Å²) in [5.41, 5.74) is 1.54. The zero-order valence-electron chi connectivity index (χ0n) is 11.3. The van der Waals surface area contributed by atoms with Crippen LogP contribution in [0.25, 0.3) is 11.0 Å². The lowest BCUT2D eigenvalue weighted by molar-refractivity contribution is 0.0954. The first kappa shape index (κ1) is 13.9. The second-order valence-electron chi connectivity index (χ2n) is 4.76.